The monoisotopic (exact) mass is 373 g/mol. The van der Waals surface area contributed by atoms with E-state index in [2.05, 4.69) is 20.7 Å². The van der Waals surface area contributed by atoms with Gasteiger partial charge in [-0.05, 0) is 38.7 Å². The summed E-state index contributed by atoms with van der Waals surface area (Å²) in [4.78, 5) is 16.8. The van der Waals surface area contributed by atoms with E-state index in [-0.39, 0.29) is 12.1 Å². The standard InChI is InChI=1S/C18H23N5O2S/c1-6-26-18-21-14-8-7-13(9-15(14)25-18)20-17(24)19-10(2)16-11(3)22-23(5)12(16)4/h7-10H,6H2,1-5H3,(H2,19,20,24). The van der Waals surface area contributed by atoms with E-state index < -0.39 is 0 Å². The van der Waals surface area contributed by atoms with E-state index in [1.807, 2.05) is 51.6 Å². The number of fused-ring (bicyclic) bond motifs is 1. The van der Waals surface area contributed by atoms with Gasteiger partial charge in [-0.25, -0.2) is 9.78 Å². The molecular formula is C18H23N5O2S. The molecule has 1 unspecified atom stereocenters. The number of rotatable bonds is 5. The molecule has 1 atom stereocenters. The molecule has 2 amide bonds. The van der Waals surface area contributed by atoms with Gasteiger partial charge < -0.3 is 15.1 Å². The van der Waals surface area contributed by atoms with Crippen LogP contribution in [-0.2, 0) is 7.05 Å². The van der Waals surface area contributed by atoms with E-state index >= 15 is 0 Å². The number of hydrogen-bond acceptors (Lipinski definition) is 5. The Morgan fingerprint density at radius 1 is 1.38 bits per heavy atom. The van der Waals surface area contributed by atoms with Crippen molar-refractivity contribution in [3.8, 4) is 0 Å². The predicted octanol–water partition coefficient (Wildman–Crippen LogP) is 4.17. The quantitative estimate of drug-likeness (QED) is 0.656. The molecule has 1 aromatic carbocycles. The predicted molar refractivity (Wildman–Crippen MR) is 104 cm³/mol. The van der Waals surface area contributed by atoms with E-state index in [0.29, 0.717) is 16.5 Å². The third-order valence-corrected chi connectivity index (χ3v) is 4.95. The van der Waals surface area contributed by atoms with Crippen LogP contribution in [0.25, 0.3) is 11.1 Å². The van der Waals surface area contributed by atoms with Crippen LogP contribution in [0.1, 0.15) is 36.8 Å². The lowest BCUT2D eigenvalue weighted by Crippen LogP contribution is -2.31. The van der Waals surface area contributed by atoms with Crippen molar-refractivity contribution in [2.75, 3.05) is 11.1 Å². The van der Waals surface area contributed by atoms with E-state index in [0.717, 1.165) is 28.2 Å². The first-order valence-corrected chi connectivity index (χ1v) is 9.48. The van der Waals surface area contributed by atoms with Crippen molar-refractivity contribution in [1.82, 2.24) is 20.1 Å². The van der Waals surface area contributed by atoms with Crippen LogP contribution in [0.5, 0.6) is 0 Å². The van der Waals surface area contributed by atoms with Crippen LogP contribution in [0.4, 0.5) is 10.5 Å². The van der Waals surface area contributed by atoms with Crippen LogP contribution in [-0.4, -0.2) is 26.5 Å². The molecule has 0 aliphatic rings. The highest BCUT2D eigenvalue weighted by atomic mass is 32.2. The number of urea groups is 1. The smallest absolute Gasteiger partial charge is 0.319 e. The van der Waals surface area contributed by atoms with Gasteiger partial charge in [-0.15, -0.1) is 0 Å². The maximum atomic E-state index is 12.4. The van der Waals surface area contributed by atoms with Crippen molar-refractivity contribution in [2.24, 2.45) is 7.05 Å². The fourth-order valence-electron chi connectivity index (χ4n) is 3.02. The number of amides is 2. The molecule has 0 saturated heterocycles. The topological polar surface area (TPSA) is 85.0 Å². The van der Waals surface area contributed by atoms with Crippen LogP contribution in [0.3, 0.4) is 0 Å². The normalized spacial score (nSPS) is 12.3. The molecule has 0 bridgehead atoms. The Balaban J connectivity index is 1.70. The van der Waals surface area contributed by atoms with Crippen LogP contribution in [0.15, 0.2) is 27.8 Å². The lowest BCUT2D eigenvalue weighted by Gasteiger charge is -2.15. The first kappa shape index (κ1) is 18.3. The van der Waals surface area contributed by atoms with Crippen molar-refractivity contribution in [1.29, 1.82) is 0 Å². The summed E-state index contributed by atoms with van der Waals surface area (Å²) in [5.74, 6) is 0.894. The van der Waals surface area contributed by atoms with Gasteiger partial charge in [0.2, 0.25) is 0 Å². The average molecular weight is 373 g/mol. The number of aryl methyl sites for hydroxylation is 2. The van der Waals surface area contributed by atoms with Crippen molar-refractivity contribution in [3.63, 3.8) is 0 Å². The highest BCUT2D eigenvalue weighted by molar-refractivity contribution is 7.99. The fraction of sp³-hybridized carbons (Fsp3) is 0.389. The molecule has 2 N–H and O–H groups in total. The van der Waals surface area contributed by atoms with E-state index in [1.165, 1.54) is 0 Å². The first-order chi connectivity index (χ1) is 12.4. The molecule has 3 aromatic rings. The molecule has 2 heterocycles. The van der Waals surface area contributed by atoms with Gasteiger partial charge in [-0.3, -0.25) is 4.68 Å². The van der Waals surface area contributed by atoms with E-state index in [9.17, 15) is 4.79 Å². The second-order valence-corrected chi connectivity index (χ2v) is 7.34. The Bertz CT molecular complexity index is 947. The molecule has 26 heavy (non-hydrogen) atoms. The highest BCUT2D eigenvalue weighted by Crippen LogP contribution is 2.26. The fourth-order valence-corrected chi connectivity index (χ4v) is 3.58. The van der Waals surface area contributed by atoms with Gasteiger partial charge >= 0.3 is 6.03 Å². The Labute approximate surface area is 156 Å². The van der Waals surface area contributed by atoms with Gasteiger partial charge in [0.25, 0.3) is 5.22 Å². The van der Waals surface area contributed by atoms with Gasteiger partial charge in [-0.2, -0.15) is 5.10 Å². The molecule has 0 radical (unpaired) electrons. The van der Waals surface area contributed by atoms with Crippen LogP contribution in [0, 0.1) is 13.8 Å². The minimum absolute atomic E-state index is 0.148. The Morgan fingerprint density at radius 2 is 2.15 bits per heavy atom. The zero-order valence-electron chi connectivity index (χ0n) is 15.6. The summed E-state index contributed by atoms with van der Waals surface area (Å²) in [5, 5.41) is 10.8. The molecule has 7 nitrogen and oxygen atoms in total. The minimum Gasteiger partial charge on any atom is -0.431 e. The Hall–Kier alpha value is -2.48. The molecule has 3 rings (SSSR count). The number of benzene rings is 1. The summed E-state index contributed by atoms with van der Waals surface area (Å²) >= 11 is 1.55. The van der Waals surface area contributed by atoms with Crippen molar-refractivity contribution < 1.29 is 9.21 Å². The molecule has 0 spiro atoms. The second-order valence-electron chi connectivity index (χ2n) is 6.12. The summed E-state index contributed by atoms with van der Waals surface area (Å²) < 4.78 is 7.51. The number of nitrogens with zero attached hydrogens (tertiary/aromatic N) is 3. The molecule has 0 fully saturated rings. The number of hydrogen-bond donors (Lipinski definition) is 2. The van der Waals surface area contributed by atoms with Crippen LogP contribution in [0.2, 0.25) is 0 Å². The number of oxazole rings is 1. The molecular weight excluding hydrogens is 350 g/mol. The van der Waals surface area contributed by atoms with Gasteiger partial charge in [0.15, 0.2) is 5.58 Å². The summed E-state index contributed by atoms with van der Waals surface area (Å²) in [5.41, 5.74) is 5.09. The number of thioether (sulfide) groups is 1. The largest absolute Gasteiger partial charge is 0.431 e. The van der Waals surface area contributed by atoms with Gasteiger partial charge in [-0.1, -0.05) is 18.7 Å². The number of anilines is 1. The van der Waals surface area contributed by atoms with Gasteiger partial charge in [0.05, 0.1) is 11.7 Å². The molecule has 0 aliphatic carbocycles. The maximum absolute atomic E-state index is 12.4. The molecule has 138 valence electrons. The minimum atomic E-state index is -0.276. The maximum Gasteiger partial charge on any atom is 0.319 e. The van der Waals surface area contributed by atoms with Crippen molar-refractivity contribution in [3.05, 3.63) is 35.2 Å². The summed E-state index contributed by atoms with van der Waals surface area (Å²) in [6, 6.07) is 5.02. The number of carbonyl (C=O) groups excluding carboxylic acids is 1. The summed E-state index contributed by atoms with van der Waals surface area (Å²) in [6.07, 6.45) is 0. The SMILES string of the molecule is CCSc1nc2ccc(NC(=O)NC(C)c3c(C)nn(C)c3C)cc2o1. The number of aromatic nitrogens is 3. The van der Waals surface area contributed by atoms with E-state index in [1.54, 1.807) is 17.8 Å². The molecule has 2 aromatic heterocycles. The highest BCUT2D eigenvalue weighted by Gasteiger charge is 2.18. The second kappa shape index (κ2) is 7.41. The molecule has 8 heteroatoms. The lowest BCUT2D eigenvalue weighted by atomic mass is 10.1. The summed E-state index contributed by atoms with van der Waals surface area (Å²) in [7, 11) is 1.90. The average Bonchev–Trinajstić information content (AvgIpc) is 3.07. The van der Waals surface area contributed by atoms with E-state index in [4.69, 9.17) is 4.42 Å². The molecule has 0 aliphatic heterocycles. The molecule has 0 saturated carbocycles. The van der Waals surface area contributed by atoms with Crippen LogP contribution < -0.4 is 10.6 Å². The van der Waals surface area contributed by atoms with Gasteiger partial charge in [0, 0.05) is 30.1 Å². The first-order valence-electron chi connectivity index (χ1n) is 8.50. The van der Waals surface area contributed by atoms with Crippen LogP contribution >= 0.6 is 11.8 Å². The lowest BCUT2D eigenvalue weighted by molar-refractivity contribution is 0.249. The zero-order chi connectivity index (χ0) is 18.8. The Kier molecular flexibility index (Phi) is 5.22. The Morgan fingerprint density at radius 3 is 2.81 bits per heavy atom. The van der Waals surface area contributed by atoms with Crippen molar-refractivity contribution in [2.45, 2.75) is 39.0 Å². The van der Waals surface area contributed by atoms with Crippen molar-refractivity contribution >= 4 is 34.6 Å². The van der Waals surface area contributed by atoms with Gasteiger partial charge in [0.1, 0.15) is 5.52 Å². The zero-order valence-corrected chi connectivity index (χ0v) is 16.4. The number of nitrogens with one attached hydrogen (secondary N) is 2. The third kappa shape index (κ3) is 3.70. The summed E-state index contributed by atoms with van der Waals surface area (Å²) in [6.45, 7) is 7.94. The third-order valence-electron chi connectivity index (χ3n) is 4.24. The number of carbonyl (C=O) groups is 1.